The summed E-state index contributed by atoms with van der Waals surface area (Å²) in [5, 5.41) is 3.70. The van der Waals surface area contributed by atoms with Crippen molar-refractivity contribution in [1.82, 2.24) is 5.32 Å². The highest BCUT2D eigenvalue weighted by Crippen LogP contribution is 2.38. The zero-order valence-electron chi connectivity index (χ0n) is 11.2. The summed E-state index contributed by atoms with van der Waals surface area (Å²) in [5.74, 6) is 0.812. The molecule has 1 aromatic rings. The topological polar surface area (TPSA) is 12.0 Å². The molecule has 0 saturated carbocycles. The van der Waals surface area contributed by atoms with Crippen LogP contribution in [0, 0.1) is 0 Å². The lowest BCUT2D eigenvalue weighted by Crippen LogP contribution is -2.33. The first-order valence-corrected chi connectivity index (χ1v) is 7.16. The zero-order chi connectivity index (χ0) is 12.1. The second-order valence-electron chi connectivity index (χ2n) is 5.28. The average molecular weight is 231 g/mol. The monoisotopic (exact) mass is 231 g/mol. The van der Waals surface area contributed by atoms with Crippen molar-refractivity contribution in [2.45, 2.75) is 57.9 Å². The summed E-state index contributed by atoms with van der Waals surface area (Å²) in [7, 11) is 0. The SMILES string of the molecule is CCCNC(CCC)CC1Cc2ccccc21. The molecule has 0 fully saturated rings. The fourth-order valence-electron chi connectivity index (χ4n) is 2.92. The Bertz CT molecular complexity index is 345. The van der Waals surface area contributed by atoms with E-state index in [1.165, 1.54) is 38.6 Å². The van der Waals surface area contributed by atoms with Crippen LogP contribution in [0.15, 0.2) is 24.3 Å². The Morgan fingerprint density at radius 2 is 2.06 bits per heavy atom. The molecule has 0 radical (unpaired) electrons. The third-order valence-electron chi connectivity index (χ3n) is 3.85. The molecule has 1 aliphatic carbocycles. The van der Waals surface area contributed by atoms with Gasteiger partial charge in [-0.3, -0.25) is 0 Å². The van der Waals surface area contributed by atoms with Crippen molar-refractivity contribution < 1.29 is 0 Å². The highest BCUT2D eigenvalue weighted by Gasteiger charge is 2.27. The first-order valence-electron chi connectivity index (χ1n) is 7.16. The van der Waals surface area contributed by atoms with Gasteiger partial charge in [0, 0.05) is 6.04 Å². The molecule has 1 aromatic carbocycles. The van der Waals surface area contributed by atoms with E-state index < -0.39 is 0 Å². The smallest absolute Gasteiger partial charge is 0.00728 e. The van der Waals surface area contributed by atoms with Gasteiger partial charge in [-0.2, -0.15) is 0 Å². The van der Waals surface area contributed by atoms with Gasteiger partial charge in [0.2, 0.25) is 0 Å². The van der Waals surface area contributed by atoms with E-state index in [-0.39, 0.29) is 0 Å². The molecule has 17 heavy (non-hydrogen) atoms. The molecule has 0 bridgehead atoms. The first-order chi connectivity index (χ1) is 8.35. The third-order valence-corrected chi connectivity index (χ3v) is 3.85. The standard InChI is InChI=1S/C16H25N/c1-3-7-15(17-10-4-2)12-14-11-13-8-5-6-9-16(13)14/h5-6,8-9,14-15,17H,3-4,7,10-12H2,1-2H3. The zero-order valence-corrected chi connectivity index (χ0v) is 11.2. The summed E-state index contributed by atoms with van der Waals surface area (Å²) in [6.45, 7) is 5.70. The summed E-state index contributed by atoms with van der Waals surface area (Å²) < 4.78 is 0. The fourth-order valence-corrected chi connectivity index (χ4v) is 2.92. The average Bonchev–Trinajstić information content (AvgIpc) is 2.33. The number of hydrogen-bond donors (Lipinski definition) is 1. The van der Waals surface area contributed by atoms with E-state index in [1.807, 2.05) is 0 Å². The normalized spacial score (nSPS) is 19.5. The summed E-state index contributed by atoms with van der Waals surface area (Å²) in [4.78, 5) is 0. The molecule has 1 heteroatoms. The number of fused-ring (bicyclic) bond motifs is 1. The Morgan fingerprint density at radius 3 is 2.76 bits per heavy atom. The van der Waals surface area contributed by atoms with Crippen LogP contribution in [-0.4, -0.2) is 12.6 Å². The van der Waals surface area contributed by atoms with Crippen molar-refractivity contribution in [1.29, 1.82) is 0 Å². The molecule has 0 amide bonds. The lowest BCUT2D eigenvalue weighted by atomic mass is 9.74. The Labute approximate surface area is 106 Å². The molecule has 0 saturated heterocycles. The minimum atomic E-state index is 0.721. The first kappa shape index (κ1) is 12.6. The maximum absolute atomic E-state index is 3.70. The van der Waals surface area contributed by atoms with Gasteiger partial charge in [0.25, 0.3) is 0 Å². The molecule has 0 heterocycles. The van der Waals surface area contributed by atoms with Crippen LogP contribution in [0.5, 0.6) is 0 Å². The van der Waals surface area contributed by atoms with E-state index in [9.17, 15) is 0 Å². The Balaban J connectivity index is 1.87. The second kappa shape index (κ2) is 6.20. The molecule has 1 aliphatic rings. The predicted molar refractivity (Wildman–Crippen MR) is 74.5 cm³/mol. The van der Waals surface area contributed by atoms with Crippen molar-refractivity contribution in [3.05, 3.63) is 35.4 Å². The van der Waals surface area contributed by atoms with Crippen LogP contribution in [0.1, 0.15) is 56.6 Å². The number of benzene rings is 1. The minimum Gasteiger partial charge on any atom is -0.314 e. The summed E-state index contributed by atoms with van der Waals surface area (Å²) in [6, 6.07) is 9.65. The molecule has 2 rings (SSSR count). The van der Waals surface area contributed by atoms with Crippen molar-refractivity contribution in [2.24, 2.45) is 0 Å². The van der Waals surface area contributed by atoms with Gasteiger partial charge in [-0.15, -0.1) is 0 Å². The largest absolute Gasteiger partial charge is 0.314 e. The molecular formula is C16H25N. The summed E-state index contributed by atoms with van der Waals surface area (Å²) in [5.41, 5.74) is 3.18. The van der Waals surface area contributed by atoms with Crippen LogP contribution >= 0.6 is 0 Å². The highest BCUT2D eigenvalue weighted by molar-refractivity contribution is 5.39. The molecule has 2 unspecified atom stereocenters. The van der Waals surface area contributed by atoms with Crippen LogP contribution in [0.2, 0.25) is 0 Å². The minimum absolute atomic E-state index is 0.721. The number of rotatable bonds is 7. The van der Waals surface area contributed by atoms with Crippen LogP contribution < -0.4 is 5.32 Å². The van der Waals surface area contributed by atoms with Gasteiger partial charge in [-0.25, -0.2) is 0 Å². The van der Waals surface area contributed by atoms with Crippen molar-refractivity contribution in [3.63, 3.8) is 0 Å². The summed E-state index contributed by atoms with van der Waals surface area (Å²) in [6.07, 6.45) is 6.46. The molecule has 0 spiro atoms. The van der Waals surface area contributed by atoms with Crippen LogP contribution in [0.25, 0.3) is 0 Å². The molecule has 1 nitrogen and oxygen atoms in total. The summed E-state index contributed by atoms with van der Waals surface area (Å²) >= 11 is 0. The van der Waals surface area contributed by atoms with E-state index in [2.05, 4.69) is 43.4 Å². The molecule has 1 N–H and O–H groups in total. The van der Waals surface area contributed by atoms with Crippen LogP contribution in [0.4, 0.5) is 0 Å². The molecule has 2 atom stereocenters. The van der Waals surface area contributed by atoms with Gasteiger partial charge in [0.05, 0.1) is 0 Å². The number of nitrogens with one attached hydrogen (secondary N) is 1. The van der Waals surface area contributed by atoms with Crippen LogP contribution in [0.3, 0.4) is 0 Å². The Hall–Kier alpha value is -0.820. The van der Waals surface area contributed by atoms with Crippen molar-refractivity contribution in [3.8, 4) is 0 Å². The number of hydrogen-bond acceptors (Lipinski definition) is 1. The maximum Gasteiger partial charge on any atom is 0.00728 e. The Kier molecular flexibility index (Phi) is 4.61. The maximum atomic E-state index is 3.70. The van der Waals surface area contributed by atoms with Crippen LogP contribution in [-0.2, 0) is 6.42 Å². The Morgan fingerprint density at radius 1 is 1.24 bits per heavy atom. The van der Waals surface area contributed by atoms with Gasteiger partial charge in [0.15, 0.2) is 0 Å². The predicted octanol–water partition coefficient (Wildman–Crippen LogP) is 3.88. The quantitative estimate of drug-likeness (QED) is 0.751. The van der Waals surface area contributed by atoms with E-state index in [0.29, 0.717) is 0 Å². The molecule has 0 aromatic heterocycles. The van der Waals surface area contributed by atoms with E-state index in [4.69, 9.17) is 0 Å². The molecule has 94 valence electrons. The van der Waals surface area contributed by atoms with Gasteiger partial charge >= 0.3 is 0 Å². The van der Waals surface area contributed by atoms with Gasteiger partial charge in [-0.05, 0) is 49.3 Å². The van der Waals surface area contributed by atoms with E-state index >= 15 is 0 Å². The lowest BCUT2D eigenvalue weighted by molar-refractivity contribution is 0.396. The molecular weight excluding hydrogens is 206 g/mol. The van der Waals surface area contributed by atoms with E-state index in [1.54, 1.807) is 11.1 Å². The third kappa shape index (κ3) is 3.10. The highest BCUT2D eigenvalue weighted by atomic mass is 14.9. The van der Waals surface area contributed by atoms with Crippen molar-refractivity contribution >= 4 is 0 Å². The van der Waals surface area contributed by atoms with Gasteiger partial charge in [-0.1, -0.05) is 44.5 Å². The van der Waals surface area contributed by atoms with Gasteiger partial charge in [0.1, 0.15) is 0 Å². The van der Waals surface area contributed by atoms with Gasteiger partial charge < -0.3 is 5.32 Å². The fraction of sp³-hybridized carbons (Fsp3) is 0.625. The second-order valence-corrected chi connectivity index (χ2v) is 5.28. The lowest BCUT2D eigenvalue weighted by Gasteiger charge is -2.33. The van der Waals surface area contributed by atoms with Crippen molar-refractivity contribution in [2.75, 3.05) is 6.54 Å². The van der Waals surface area contributed by atoms with E-state index in [0.717, 1.165) is 12.0 Å². The molecule has 0 aliphatic heterocycles.